The fraction of sp³-hybridized carbons (Fsp3) is 0.938. The first kappa shape index (κ1) is 18.4. The van der Waals surface area contributed by atoms with E-state index in [1.54, 1.807) is 0 Å². The summed E-state index contributed by atoms with van der Waals surface area (Å²) in [6.45, 7) is 10.1. The van der Waals surface area contributed by atoms with E-state index in [1.807, 2.05) is 13.8 Å². The summed E-state index contributed by atoms with van der Waals surface area (Å²) in [5, 5.41) is 16.2. The first-order chi connectivity index (χ1) is 9.91. The molecule has 1 heterocycles. The number of hydrogen-bond acceptors (Lipinski definition) is 4. The number of amides is 1. The highest BCUT2D eigenvalue weighted by molar-refractivity contribution is 5.82. The van der Waals surface area contributed by atoms with Gasteiger partial charge in [0.25, 0.3) is 0 Å². The Kier molecular flexibility index (Phi) is 8.22. The zero-order valence-electron chi connectivity index (χ0n) is 13.9. The molecule has 2 atom stereocenters. The lowest BCUT2D eigenvalue weighted by molar-refractivity contribution is -0.124. The van der Waals surface area contributed by atoms with Crippen molar-refractivity contribution in [2.75, 3.05) is 19.8 Å². The molecule has 2 unspecified atom stereocenters. The van der Waals surface area contributed by atoms with Crippen LogP contribution >= 0.6 is 0 Å². The molecule has 0 radical (unpaired) electrons. The van der Waals surface area contributed by atoms with Crippen LogP contribution in [0.2, 0.25) is 0 Å². The summed E-state index contributed by atoms with van der Waals surface area (Å²) in [6.07, 6.45) is 2.17. The molecular formula is C16H32N2O3. The third kappa shape index (κ3) is 6.76. The zero-order chi connectivity index (χ0) is 15.8. The van der Waals surface area contributed by atoms with Crippen molar-refractivity contribution in [1.29, 1.82) is 0 Å². The molecule has 0 aromatic rings. The average molecular weight is 300 g/mol. The summed E-state index contributed by atoms with van der Waals surface area (Å²) in [4.78, 5) is 12.3. The number of aliphatic hydroxyl groups excluding tert-OH is 1. The number of carbonyl (C=O) groups excluding carboxylic acids is 1. The molecule has 1 aliphatic heterocycles. The molecule has 0 bridgehead atoms. The van der Waals surface area contributed by atoms with Crippen LogP contribution in [0.4, 0.5) is 0 Å². The van der Waals surface area contributed by atoms with Gasteiger partial charge in [0.2, 0.25) is 5.91 Å². The van der Waals surface area contributed by atoms with Crippen LogP contribution in [0.1, 0.15) is 47.0 Å². The lowest BCUT2D eigenvalue weighted by Crippen LogP contribution is -2.52. The van der Waals surface area contributed by atoms with E-state index in [0.29, 0.717) is 19.0 Å². The third-order valence-electron chi connectivity index (χ3n) is 4.09. The Balaban J connectivity index is 2.38. The maximum absolute atomic E-state index is 12.3. The molecule has 21 heavy (non-hydrogen) atoms. The van der Waals surface area contributed by atoms with Crippen LogP contribution in [-0.2, 0) is 9.53 Å². The summed E-state index contributed by atoms with van der Waals surface area (Å²) in [7, 11) is 0. The van der Waals surface area contributed by atoms with Gasteiger partial charge in [-0.15, -0.1) is 0 Å². The van der Waals surface area contributed by atoms with Gasteiger partial charge in [-0.25, -0.2) is 0 Å². The molecule has 1 rings (SSSR count). The Hall–Kier alpha value is -0.650. The fourth-order valence-electron chi connectivity index (χ4n) is 2.48. The predicted molar refractivity (Wildman–Crippen MR) is 84.1 cm³/mol. The van der Waals surface area contributed by atoms with Gasteiger partial charge in [0, 0.05) is 25.8 Å². The van der Waals surface area contributed by atoms with E-state index in [0.717, 1.165) is 26.1 Å². The molecule has 5 heteroatoms. The normalized spacial score (nSPS) is 19.8. The number of hydrogen-bond donors (Lipinski definition) is 3. The van der Waals surface area contributed by atoms with E-state index in [-0.39, 0.29) is 29.9 Å². The molecule has 124 valence electrons. The summed E-state index contributed by atoms with van der Waals surface area (Å²) in [5.74, 6) is 0.499. The summed E-state index contributed by atoms with van der Waals surface area (Å²) in [6, 6.07) is 0.183. The Bertz CT molecular complexity index is 302. The summed E-state index contributed by atoms with van der Waals surface area (Å²) >= 11 is 0. The standard InChI is InChI=1S/C16H32N2O3/c1-11(2)14(19)5-8-17-16(20)15(12(3)4)18-13-6-9-21-10-7-13/h11-15,18-19H,5-10H2,1-4H3,(H,17,20). The van der Waals surface area contributed by atoms with E-state index in [1.165, 1.54) is 0 Å². The lowest BCUT2D eigenvalue weighted by Gasteiger charge is -2.30. The van der Waals surface area contributed by atoms with Gasteiger partial charge < -0.3 is 20.5 Å². The van der Waals surface area contributed by atoms with Gasteiger partial charge >= 0.3 is 0 Å². The molecule has 1 fully saturated rings. The first-order valence-corrected chi connectivity index (χ1v) is 8.21. The largest absolute Gasteiger partial charge is 0.393 e. The van der Waals surface area contributed by atoms with Gasteiger partial charge in [-0.2, -0.15) is 0 Å². The van der Waals surface area contributed by atoms with Crippen molar-refractivity contribution in [3.63, 3.8) is 0 Å². The van der Waals surface area contributed by atoms with Crippen LogP contribution in [0.3, 0.4) is 0 Å². The van der Waals surface area contributed by atoms with Crippen molar-refractivity contribution in [3.8, 4) is 0 Å². The molecule has 0 aliphatic carbocycles. The van der Waals surface area contributed by atoms with Gasteiger partial charge in [-0.05, 0) is 31.1 Å². The minimum atomic E-state index is -0.355. The monoisotopic (exact) mass is 300 g/mol. The minimum Gasteiger partial charge on any atom is -0.393 e. The second-order valence-corrected chi connectivity index (χ2v) is 6.67. The average Bonchev–Trinajstić information content (AvgIpc) is 2.45. The quantitative estimate of drug-likeness (QED) is 0.632. The number of rotatable bonds is 8. The Morgan fingerprint density at radius 3 is 2.33 bits per heavy atom. The van der Waals surface area contributed by atoms with Crippen LogP contribution in [0.15, 0.2) is 0 Å². The summed E-state index contributed by atoms with van der Waals surface area (Å²) in [5.41, 5.74) is 0. The first-order valence-electron chi connectivity index (χ1n) is 8.21. The van der Waals surface area contributed by atoms with E-state index in [9.17, 15) is 9.90 Å². The van der Waals surface area contributed by atoms with Crippen molar-refractivity contribution in [3.05, 3.63) is 0 Å². The van der Waals surface area contributed by atoms with Crippen LogP contribution < -0.4 is 10.6 Å². The maximum Gasteiger partial charge on any atom is 0.237 e. The van der Waals surface area contributed by atoms with Gasteiger partial charge in [-0.3, -0.25) is 4.79 Å². The fourth-order valence-corrected chi connectivity index (χ4v) is 2.48. The van der Waals surface area contributed by atoms with Crippen LogP contribution in [0, 0.1) is 11.8 Å². The lowest BCUT2D eigenvalue weighted by atomic mass is 9.99. The Morgan fingerprint density at radius 2 is 1.81 bits per heavy atom. The maximum atomic E-state index is 12.3. The number of carbonyl (C=O) groups is 1. The molecule has 1 saturated heterocycles. The van der Waals surface area contributed by atoms with Crippen LogP contribution in [-0.4, -0.2) is 49.0 Å². The number of nitrogens with one attached hydrogen (secondary N) is 2. The molecule has 0 aromatic heterocycles. The minimum absolute atomic E-state index is 0.0347. The van der Waals surface area contributed by atoms with Crippen molar-refractivity contribution in [2.45, 2.75) is 65.1 Å². The van der Waals surface area contributed by atoms with E-state index in [4.69, 9.17) is 4.74 Å². The van der Waals surface area contributed by atoms with Crippen molar-refractivity contribution >= 4 is 5.91 Å². The zero-order valence-corrected chi connectivity index (χ0v) is 13.9. The molecule has 3 N–H and O–H groups in total. The summed E-state index contributed by atoms with van der Waals surface area (Å²) < 4.78 is 5.35. The highest BCUT2D eigenvalue weighted by Crippen LogP contribution is 2.11. The molecule has 0 aromatic carbocycles. The molecule has 0 saturated carbocycles. The molecule has 5 nitrogen and oxygen atoms in total. The Labute approximate surface area is 128 Å². The van der Waals surface area contributed by atoms with E-state index in [2.05, 4.69) is 24.5 Å². The highest BCUT2D eigenvalue weighted by Gasteiger charge is 2.26. The molecule has 1 aliphatic rings. The third-order valence-corrected chi connectivity index (χ3v) is 4.09. The van der Waals surface area contributed by atoms with Crippen LogP contribution in [0.25, 0.3) is 0 Å². The van der Waals surface area contributed by atoms with Crippen molar-refractivity contribution < 1.29 is 14.6 Å². The van der Waals surface area contributed by atoms with Gasteiger partial charge in [0.05, 0.1) is 12.1 Å². The van der Waals surface area contributed by atoms with E-state index < -0.39 is 0 Å². The van der Waals surface area contributed by atoms with Crippen molar-refractivity contribution in [2.24, 2.45) is 11.8 Å². The number of ether oxygens (including phenoxy) is 1. The van der Waals surface area contributed by atoms with Crippen LogP contribution in [0.5, 0.6) is 0 Å². The SMILES string of the molecule is CC(C)C(O)CCNC(=O)C(NC1CCOCC1)C(C)C. The topological polar surface area (TPSA) is 70.6 Å². The van der Waals surface area contributed by atoms with Gasteiger partial charge in [-0.1, -0.05) is 27.7 Å². The van der Waals surface area contributed by atoms with Gasteiger partial charge in [0.15, 0.2) is 0 Å². The molecule has 1 amide bonds. The predicted octanol–water partition coefficient (Wildman–Crippen LogP) is 1.30. The van der Waals surface area contributed by atoms with E-state index >= 15 is 0 Å². The number of aliphatic hydroxyl groups is 1. The molecule has 0 spiro atoms. The smallest absolute Gasteiger partial charge is 0.237 e. The highest BCUT2D eigenvalue weighted by atomic mass is 16.5. The second-order valence-electron chi connectivity index (χ2n) is 6.67. The Morgan fingerprint density at radius 1 is 1.19 bits per heavy atom. The second kappa shape index (κ2) is 9.38. The molecular weight excluding hydrogens is 268 g/mol. The van der Waals surface area contributed by atoms with Gasteiger partial charge in [0.1, 0.15) is 0 Å². The van der Waals surface area contributed by atoms with Crippen molar-refractivity contribution in [1.82, 2.24) is 10.6 Å².